The van der Waals surface area contributed by atoms with Gasteiger partial charge in [-0.3, -0.25) is 4.79 Å². The van der Waals surface area contributed by atoms with E-state index in [1.54, 1.807) is 13.8 Å². The fourth-order valence-corrected chi connectivity index (χ4v) is 2.20. The summed E-state index contributed by atoms with van der Waals surface area (Å²) in [5.74, 6) is -1.95. The molecule has 9 heteroatoms. The minimum Gasteiger partial charge on any atom is -0.481 e. The zero-order chi connectivity index (χ0) is 16.3. The van der Waals surface area contributed by atoms with Crippen molar-refractivity contribution in [2.24, 2.45) is 5.41 Å². The number of likely N-dealkylation sites (tertiary alicyclic amines) is 1. The van der Waals surface area contributed by atoms with E-state index in [4.69, 9.17) is 9.84 Å². The number of urea groups is 1. The predicted octanol–water partition coefficient (Wildman–Crippen LogP) is 1.46. The number of halogens is 3. The van der Waals surface area contributed by atoms with E-state index >= 15 is 0 Å². The van der Waals surface area contributed by atoms with Crippen molar-refractivity contribution in [1.82, 2.24) is 10.2 Å². The standard InChI is InChI=1S/C12H19F3N2O4/c1-3-21-8(2)6-16-10(20)17-5-4-11(7-17,9(18)19)12(13,14)15/h8H,3-7H2,1-2H3,(H,16,20)(H,18,19). The first-order valence-corrected chi connectivity index (χ1v) is 6.58. The number of carbonyl (C=O) groups is 2. The number of ether oxygens (including phenoxy) is 1. The number of amides is 2. The Bertz CT molecular complexity index is 402. The third-order valence-corrected chi connectivity index (χ3v) is 3.50. The third kappa shape index (κ3) is 3.78. The topological polar surface area (TPSA) is 78.9 Å². The van der Waals surface area contributed by atoms with Crippen LogP contribution in [0.15, 0.2) is 0 Å². The van der Waals surface area contributed by atoms with Crippen molar-refractivity contribution in [1.29, 1.82) is 0 Å². The van der Waals surface area contributed by atoms with E-state index in [0.29, 0.717) is 6.61 Å². The normalized spacial score (nSPS) is 24.0. The predicted molar refractivity (Wildman–Crippen MR) is 66.8 cm³/mol. The second-order valence-electron chi connectivity index (χ2n) is 5.01. The first kappa shape index (κ1) is 17.5. The van der Waals surface area contributed by atoms with Crippen LogP contribution in [0.3, 0.4) is 0 Å². The molecule has 2 unspecified atom stereocenters. The van der Waals surface area contributed by atoms with Crippen molar-refractivity contribution in [3.63, 3.8) is 0 Å². The van der Waals surface area contributed by atoms with Gasteiger partial charge >= 0.3 is 18.2 Å². The number of hydrogen-bond donors (Lipinski definition) is 2. The average molecular weight is 312 g/mol. The summed E-state index contributed by atoms with van der Waals surface area (Å²) in [5.41, 5.74) is -2.88. The number of nitrogens with zero attached hydrogens (tertiary/aromatic N) is 1. The highest BCUT2D eigenvalue weighted by molar-refractivity contribution is 5.80. The Labute approximate surface area is 120 Å². The van der Waals surface area contributed by atoms with Crippen molar-refractivity contribution >= 4 is 12.0 Å². The lowest BCUT2D eigenvalue weighted by atomic mass is 9.86. The van der Waals surface area contributed by atoms with E-state index in [-0.39, 0.29) is 19.2 Å². The highest BCUT2D eigenvalue weighted by Gasteiger charge is 2.64. The molecular weight excluding hydrogens is 293 g/mol. The Hall–Kier alpha value is -1.51. The van der Waals surface area contributed by atoms with Gasteiger partial charge in [-0.05, 0) is 20.3 Å². The van der Waals surface area contributed by atoms with Crippen LogP contribution in [0.5, 0.6) is 0 Å². The summed E-state index contributed by atoms with van der Waals surface area (Å²) in [6.07, 6.45) is -5.80. The van der Waals surface area contributed by atoms with E-state index in [1.165, 1.54) is 0 Å². The van der Waals surface area contributed by atoms with Gasteiger partial charge in [-0.15, -0.1) is 0 Å². The smallest absolute Gasteiger partial charge is 0.406 e. The van der Waals surface area contributed by atoms with Crippen LogP contribution in [0.4, 0.5) is 18.0 Å². The molecule has 1 saturated heterocycles. The molecule has 1 rings (SSSR count). The van der Waals surface area contributed by atoms with Gasteiger partial charge in [-0.2, -0.15) is 13.2 Å². The van der Waals surface area contributed by atoms with Gasteiger partial charge in [0, 0.05) is 26.2 Å². The van der Waals surface area contributed by atoms with E-state index in [2.05, 4.69) is 5.32 Å². The van der Waals surface area contributed by atoms with Gasteiger partial charge in [0.25, 0.3) is 0 Å². The van der Waals surface area contributed by atoms with E-state index in [1.807, 2.05) is 0 Å². The summed E-state index contributed by atoms with van der Waals surface area (Å²) in [7, 11) is 0. The van der Waals surface area contributed by atoms with E-state index in [0.717, 1.165) is 4.90 Å². The van der Waals surface area contributed by atoms with Crippen LogP contribution in [0.25, 0.3) is 0 Å². The fourth-order valence-electron chi connectivity index (χ4n) is 2.20. The third-order valence-electron chi connectivity index (χ3n) is 3.50. The molecule has 6 nitrogen and oxygen atoms in total. The van der Waals surface area contributed by atoms with Crippen LogP contribution in [0, 0.1) is 5.41 Å². The Balaban J connectivity index is 2.64. The second-order valence-corrected chi connectivity index (χ2v) is 5.01. The molecule has 0 aromatic carbocycles. The minimum absolute atomic E-state index is 0.148. The number of rotatable bonds is 5. The molecule has 21 heavy (non-hydrogen) atoms. The second kappa shape index (κ2) is 6.50. The summed E-state index contributed by atoms with van der Waals surface area (Å²) < 4.78 is 44.1. The summed E-state index contributed by atoms with van der Waals surface area (Å²) >= 11 is 0. The maximum Gasteiger partial charge on any atom is 0.406 e. The van der Waals surface area contributed by atoms with Crippen molar-refractivity contribution in [3.8, 4) is 0 Å². The molecule has 2 N–H and O–H groups in total. The Kier molecular flexibility index (Phi) is 5.43. The van der Waals surface area contributed by atoms with Crippen LogP contribution in [0.1, 0.15) is 20.3 Å². The molecule has 1 aliphatic heterocycles. The van der Waals surface area contributed by atoms with E-state index in [9.17, 15) is 22.8 Å². The molecule has 0 aromatic heterocycles. The molecule has 122 valence electrons. The molecule has 1 heterocycles. The lowest BCUT2D eigenvalue weighted by molar-refractivity contribution is -0.226. The van der Waals surface area contributed by atoms with Crippen LogP contribution >= 0.6 is 0 Å². The number of hydrogen-bond acceptors (Lipinski definition) is 3. The van der Waals surface area contributed by atoms with Gasteiger partial charge in [0.2, 0.25) is 0 Å². The molecule has 0 aromatic rings. The summed E-state index contributed by atoms with van der Waals surface area (Å²) in [4.78, 5) is 23.7. The van der Waals surface area contributed by atoms with Crippen LogP contribution in [-0.2, 0) is 9.53 Å². The first-order chi connectivity index (χ1) is 9.64. The number of carboxylic acids is 1. The summed E-state index contributed by atoms with van der Waals surface area (Å²) in [5, 5.41) is 11.3. The number of aliphatic carboxylic acids is 1. The fraction of sp³-hybridized carbons (Fsp3) is 0.833. The largest absolute Gasteiger partial charge is 0.481 e. The molecule has 0 aliphatic carbocycles. The maximum absolute atomic E-state index is 13.0. The SMILES string of the molecule is CCOC(C)CNC(=O)N1CCC(C(=O)O)(C(F)(F)F)C1. The Morgan fingerprint density at radius 3 is 2.52 bits per heavy atom. The molecule has 2 atom stereocenters. The lowest BCUT2D eigenvalue weighted by Gasteiger charge is -2.27. The van der Waals surface area contributed by atoms with Gasteiger partial charge in [0.05, 0.1) is 6.10 Å². The number of carbonyl (C=O) groups excluding carboxylic acids is 1. The zero-order valence-electron chi connectivity index (χ0n) is 11.9. The van der Waals surface area contributed by atoms with Gasteiger partial charge in [-0.1, -0.05) is 0 Å². The van der Waals surface area contributed by atoms with Crippen LogP contribution < -0.4 is 5.32 Å². The van der Waals surface area contributed by atoms with Gasteiger partial charge in [-0.25, -0.2) is 4.79 Å². The first-order valence-electron chi connectivity index (χ1n) is 6.58. The van der Waals surface area contributed by atoms with Crippen molar-refractivity contribution in [2.45, 2.75) is 32.5 Å². The van der Waals surface area contributed by atoms with Gasteiger partial charge < -0.3 is 20.1 Å². The molecule has 2 amide bonds. The summed E-state index contributed by atoms with van der Waals surface area (Å²) in [6.45, 7) is 2.97. The van der Waals surface area contributed by atoms with Crippen LogP contribution in [0.2, 0.25) is 0 Å². The number of alkyl halides is 3. The van der Waals surface area contributed by atoms with Crippen molar-refractivity contribution in [2.75, 3.05) is 26.2 Å². The molecule has 0 bridgehead atoms. The maximum atomic E-state index is 13.0. The average Bonchev–Trinajstić information content (AvgIpc) is 2.82. The molecule has 1 aliphatic rings. The van der Waals surface area contributed by atoms with Crippen molar-refractivity contribution < 1.29 is 32.6 Å². The molecule has 0 spiro atoms. The zero-order valence-corrected chi connectivity index (χ0v) is 11.9. The molecule has 1 fully saturated rings. The van der Waals surface area contributed by atoms with Gasteiger partial charge in [0.15, 0.2) is 5.41 Å². The van der Waals surface area contributed by atoms with Crippen molar-refractivity contribution in [3.05, 3.63) is 0 Å². The molecule has 0 saturated carbocycles. The number of nitrogens with one attached hydrogen (secondary N) is 1. The highest BCUT2D eigenvalue weighted by atomic mass is 19.4. The Morgan fingerprint density at radius 1 is 1.48 bits per heavy atom. The molecular formula is C12H19F3N2O4. The Morgan fingerprint density at radius 2 is 2.10 bits per heavy atom. The highest BCUT2D eigenvalue weighted by Crippen LogP contribution is 2.45. The lowest BCUT2D eigenvalue weighted by Crippen LogP contribution is -2.49. The minimum atomic E-state index is -4.90. The summed E-state index contributed by atoms with van der Waals surface area (Å²) in [6, 6.07) is -0.714. The molecule has 0 radical (unpaired) electrons. The monoisotopic (exact) mass is 312 g/mol. The quantitative estimate of drug-likeness (QED) is 0.805. The van der Waals surface area contributed by atoms with Crippen LogP contribution in [-0.4, -0.2) is 60.5 Å². The van der Waals surface area contributed by atoms with Gasteiger partial charge in [0.1, 0.15) is 0 Å². The van der Waals surface area contributed by atoms with E-state index < -0.39 is 36.6 Å². The number of carboxylic acid groups (broad SMARTS) is 1.